The smallest absolute Gasteiger partial charge is 0.242 e. The molecule has 0 spiro atoms. The Morgan fingerprint density at radius 1 is 0.689 bits per heavy atom. The summed E-state index contributed by atoms with van der Waals surface area (Å²) >= 11 is 0. The third-order valence-corrected chi connectivity index (χ3v) is 10.7. The van der Waals surface area contributed by atoms with Gasteiger partial charge >= 0.3 is 0 Å². The van der Waals surface area contributed by atoms with Crippen LogP contribution in [-0.2, 0) is 19.7 Å². The van der Waals surface area contributed by atoms with Crippen molar-refractivity contribution < 1.29 is 27.0 Å². The molecule has 1 unspecified atom stereocenters. The SMILES string of the molecule is CCCCCCCCCCCCCCCCCCNC(=O)[C@@H](NC(=O)CCCCC[N+](C)(C)CCC(C)S(=O)(=O)[O-])[C@@H](C)CC. The normalized spacial score (nSPS) is 14.2. The van der Waals surface area contributed by atoms with Crippen molar-refractivity contribution in [1.82, 2.24) is 10.6 Å². The van der Waals surface area contributed by atoms with Crippen molar-refractivity contribution in [3.05, 3.63) is 0 Å². The number of hydrogen-bond acceptors (Lipinski definition) is 5. The number of amides is 2. The van der Waals surface area contributed by atoms with Crippen molar-refractivity contribution in [1.29, 1.82) is 0 Å². The number of quaternary nitrogens is 1. The highest BCUT2D eigenvalue weighted by Gasteiger charge is 2.25. The number of carbonyl (C=O) groups is 2. The van der Waals surface area contributed by atoms with E-state index in [1.54, 1.807) is 0 Å². The van der Waals surface area contributed by atoms with Crippen LogP contribution in [-0.4, -0.2) is 74.3 Å². The Morgan fingerprint density at radius 2 is 1.16 bits per heavy atom. The number of carbonyl (C=O) groups excluding carboxylic acids is 2. The van der Waals surface area contributed by atoms with Crippen molar-refractivity contribution in [2.24, 2.45) is 5.92 Å². The van der Waals surface area contributed by atoms with Crippen molar-refractivity contribution in [3.63, 3.8) is 0 Å². The number of rotatable bonds is 31. The van der Waals surface area contributed by atoms with E-state index in [-0.39, 0.29) is 17.7 Å². The van der Waals surface area contributed by atoms with Gasteiger partial charge < -0.3 is 19.7 Å². The van der Waals surface area contributed by atoms with E-state index >= 15 is 0 Å². The van der Waals surface area contributed by atoms with E-state index in [4.69, 9.17) is 0 Å². The first-order valence-corrected chi connectivity index (χ1v) is 20.1. The van der Waals surface area contributed by atoms with Crippen LogP contribution in [0.5, 0.6) is 0 Å². The quantitative estimate of drug-likeness (QED) is 0.0447. The van der Waals surface area contributed by atoms with E-state index in [1.807, 2.05) is 27.9 Å². The van der Waals surface area contributed by atoms with E-state index in [9.17, 15) is 22.6 Å². The molecule has 0 radical (unpaired) electrons. The number of nitrogens with one attached hydrogen (secondary N) is 2. The highest BCUT2D eigenvalue weighted by Crippen LogP contribution is 2.15. The Balaban J connectivity index is 4.00. The summed E-state index contributed by atoms with van der Waals surface area (Å²) in [5, 5.41) is 5.18. The molecular weight excluding hydrogens is 586 g/mol. The third kappa shape index (κ3) is 25.6. The molecule has 0 aromatic rings. The first-order valence-electron chi connectivity index (χ1n) is 18.7. The summed E-state index contributed by atoms with van der Waals surface area (Å²) in [7, 11) is -0.172. The summed E-state index contributed by atoms with van der Waals surface area (Å²) in [6.45, 7) is 9.93. The van der Waals surface area contributed by atoms with Crippen LogP contribution in [0.15, 0.2) is 0 Å². The van der Waals surface area contributed by atoms with Crippen LogP contribution < -0.4 is 10.6 Å². The zero-order chi connectivity index (χ0) is 34.0. The number of nitrogens with zero attached hydrogens (tertiary/aromatic N) is 1. The van der Waals surface area contributed by atoms with E-state index < -0.39 is 21.4 Å². The molecule has 0 fully saturated rings. The van der Waals surface area contributed by atoms with Crippen LogP contribution in [0.4, 0.5) is 0 Å². The highest BCUT2D eigenvalue weighted by atomic mass is 32.2. The molecule has 0 aliphatic heterocycles. The van der Waals surface area contributed by atoms with Crippen LogP contribution in [0, 0.1) is 5.92 Å². The number of hydrogen-bond donors (Lipinski definition) is 2. The van der Waals surface area contributed by atoms with Gasteiger partial charge in [-0.3, -0.25) is 9.59 Å². The molecule has 0 rings (SSSR count). The van der Waals surface area contributed by atoms with Crippen molar-refractivity contribution in [2.45, 2.75) is 180 Å². The molecule has 268 valence electrons. The maximum absolute atomic E-state index is 12.9. The fourth-order valence-corrected chi connectivity index (χ4v) is 6.13. The second-order valence-electron chi connectivity index (χ2n) is 14.3. The maximum Gasteiger partial charge on any atom is 0.242 e. The molecule has 0 aromatic heterocycles. The summed E-state index contributed by atoms with van der Waals surface area (Å²) in [6, 6.07) is -0.501. The summed E-state index contributed by atoms with van der Waals surface area (Å²) < 4.78 is 34.1. The molecule has 0 aliphatic carbocycles. The minimum atomic E-state index is -4.24. The first kappa shape index (κ1) is 43.8. The lowest BCUT2D eigenvalue weighted by Gasteiger charge is -2.31. The third-order valence-electron chi connectivity index (χ3n) is 9.44. The predicted molar refractivity (Wildman–Crippen MR) is 188 cm³/mol. The average Bonchev–Trinajstić information content (AvgIpc) is 2.99. The monoisotopic (exact) mass is 660 g/mol. The molecule has 0 saturated carbocycles. The Labute approximate surface area is 279 Å². The van der Waals surface area contributed by atoms with E-state index in [1.165, 1.54) is 96.8 Å². The van der Waals surface area contributed by atoms with Gasteiger partial charge in [0.05, 0.1) is 42.6 Å². The molecule has 2 N–H and O–H groups in total. The fourth-order valence-electron chi connectivity index (χ4n) is 5.73. The fraction of sp³-hybridized carbons (Fsp3) is 0.944. The van der Waals surface area contributed by atoms with Crippen molar-refractivity contribution in [2.75, 3.05) is 33.7 Å². The van der Waals surface area contributed by atoms with Gasteiger partial charge in [-0.25, -0.2) is 8.42 Å². The number of unbranched alkanes of at least 4 members (excludes halogenated alkanes) is 17. The van der Waals surface area contributed by atoms with Gasteiger partial charge in [0, 0.05) is 19.4 Å². The van der Waals surface area contributed by atoms with Crippen molar-refractivity contribution >= 4 is 21.9 Å². The van der Waals surface area contributed by atoms with E-state index in [2.05, 4.69) is 17.6 Å². The van der Waals surface area contributed by atoms with E-state index in [0.717, 1.165) is 45.1 Å². The second kappa shape index (κ2) is 26.8. The standard InChI is InChI=1S/C36H73N3O5S/c1-7-9-10-11-12-13-14-15-16-17-18-19-20-21-22-25-29-37-36(41)35(32(3)8-2)38-34(40)27-24-23-26-30-39(5,6)31-28-33(4)45(42,43)44/h32-33,35H,7-31H2,1-6H3,(H2-,37,38,40,41,42,43,44)/t32-,33?,35-/m0/s1. The average molecular weight is 660 g/mol. The van der Waals surface area contributed by atoms with Gasteiger partial charge in [-0.1, -0.05) is 124 Å². The largest absolute Gasteiger partial charge is 0.748 e. The molecule has 45 heavy (non-hydrogen) atoms. The van der Waals surface area contributed by atoms with Gasteiger partial charge in [0.25, 0.3) is 0 Å². The van der Waals surface area contributed by atoms with Gasteiger partial charge in [-0.15, -0.1) is 0 Å². The van der Waals surface area contributed by atoms with Gasteiger partial charge in [0.15, 0.2) is 0 Å². The molecule has 9 heteroatoms. The van der Waals surface area contributed by atoms with Crippen LogP contribution in [0.2, 0.25) is 0 Å². The highest BCUT2D eigenvalue weighted by molar-refractivity contribution is 7.86. The lowest BCUT2D eigenvalue weighted by molar-refractivity contribution is -0.890. The summed E-state index contributed by atoms with van der Waals surface area (Å²) in [4.78, 5) is 25.6. The Morgan fingerprint density at radius 3 is 1.62 bits per heavy atom. The summed E-state index contributed by atoms with van der Waals surface area (Å²) in [5.74, 6) is -0.0914. The summed E-state index contributed by atoms with van der Waals surface area (Å²) in [5.41, 5.74) is 0. The lowest BCUT2D eigenvalue weighted by atomic mass is 9.98. The molecule has 0 aliphatic rings. The molecule has 0 bridgehead atoms. The minimum absolute atomic E-state index is 0.0678. The van der Waals surface area contributed by atoms with Gasteiger partial charge in [-0.05, 0) is 38.5 Å². The molecule has 2 amide bonds. The first-order chi connectivity index (χ1) is 21.3. The van der Waals surface area contributed by atoms with Crippen LogP contribution in [0.25, 0.3) is 0 Å². The Kier molecular flexibility index (Phi) is 26.1. The van der Waals surface area contributed by atoms with Crippen molar-refractivity contribution in [3.8, 4) is 0 Å². The molecule has 8 nitrogen and oxygen atoms in total. The molecule has 0 saturated heterocycles. The maximum atomic E-state index is 12.9. The molecule has 0 heterocycles. The second-order valence-corrected chi connectivity index (χ2v) is 16.1. The molecule has 3 atom stereocenters. The topological polar surface area (TPSA) is 115 Å². The van der Waals surface area contributed by atoms with Crippen LogP contribution in [0.1, 0.15) is 169 Å². The van der Waals surface area contributed by atoms with Gasteiger partial charge in [-0.2, -0.15) is 0 Å². The minimum Gasteiger partial charge on any atom is -0.748 e. The lowest BCUT2D eigenvalue weighted by Crippen LogP contribution is -2.50. The predicted octanol–water partition coefficient (Wildman–Crippen LogP) is 7.86. The van der Waals surface area contributed by atoms with Crippen LogP contribution >= 0.6 is 0 Å². The van der Waals surface area contributed by atoms with Gasteiger partial charge in [0.2, 0.25) is 11.8 Å². The Hall–Kier alpha value is -1.19. The van der Waals surface area contributed by atoms with E-state index in [0.29, 0.717) is 30.4 Å². The molecular formula is C36H73N3O5S. The zero-order valence-electron chi connectivity index (χ0n) is 30.3. The van der Waals surface area contributed by atoms with Gasteiger partial charge in [0.1, 0.15) is 6.04 Å². The molecule has 0 aromatic carbocycles. The van der Waals surface area contributed by atoms with Crippen LogP contribution in [0.3, 0.4) is 0 Å². The zero-order valence-corrected chi connectivity index (χ0v) is 31.1. The Bertz CT molecular complexity index is 850. The summed E-state index contributed by atoms with van der Waals surface area (Å²) in [6.07, 6.45) is 25.3.